The van der Waals surface area contributed by atoms with Gasteiger partial charge in [0, 0.05) is 16.3 Å². The van der Waals surface area contributed by atoms with Gasteiger partial charge in [-0.2, -0.15) is 8.78 Å². The monoisotopic (exact) mass is 502 g/mol. The number of esters is 2. The standard InChI is InChI=1S/C25H24F2N2O5S/c1-4-33-24(32)21-14(2)22(28-15(21)3)20(30)13-34-23(31)18-7-5-6-8-19(18)29-16-9-11-17(12-10-16)35-25(26)27/h5-12,25,28-29H,4,13H2,1-3H3. The Hall–Kier alpha value is -3.66. The highest BCUT2D eigenvalue weighted by molar-refractivity contribution is 7.99. The summed E-state index contributed by atoms with van der Waals surface area (Å²) in [6.45, 7) is 4.64. The Bertz CT molecular complexity index is 1230. The number of nitrogens with one attached hydrogen (secondary N) is 2. The van der Waals surface area contributed by atoms with E-state index in [1.54, 1.807) is 69.3 Å². The van der Waals surface area contributed by atoms with Crippen LogP contribution in [0, 0.1) is 13.8 Å². The van der Waals surface area contributed by atoms with E-state index in [0.717, 1.165) is 0 Å². The first kappa shape index (κ1) is 26.0. The molecule has 10 heteroatoms. The van der Waals surface area contributed by atoms with E-state index >= 15 is 0 Å². The zero-order valence-corrected chi connectivity index (χ0v) is 20.1. The van der Waals surface area contributed by atoms with Crippen LogP contribution in [0.1, 0.15) is 49.4 Å². The molecule has 0 amide bonds. The van der Waals surface area contributed by atoms with Crippen LogP contribution < -0.4 is 5.32 Å². The number of para-hydroxylation sites is 1. The summed E-state index contributed by atoms with van der Waals surface area (Å²) in [6, 6.07) is 12.9. The van der Waals surface area contributed by atoms with Crippen molar-refractivity contribution in [3.8, 4) is 0 Å². The molecule has 0 atom stereocenters. The average Bonchev–Trinajstić information content (AvgIpc) is 3.12. The molecule has 0 aliphatic heterocycles. The van der Waals surface area contributed by atoms with Gasteiger partial charge in [0.1, 0.15) is 0 Å². The van der Waals surface area contributed by atoms with Crippen LogP contribution in [-0.2, 0) is 9.47 Å². The summed E-state index contributed by atoms with van der Waals surface area (Å²) in [7, 11) is 0. The molecule has 2 N–H and O–H groups in total. The van der Waals surface area contributed by atoms with Crippen LogP contribution >= 0.6 is 11.8 Å². The number of aromatic nitrogens is 1. The number of halogens is 2. The van der Waals surface area contributed by atoms with Crippen LogP contribution in [0.25, 0.3) is 0 Å². The third kappa shape index (κ3) is 6.48. The smallest absolute Gasteiger partial charge is 0.340 e. The van der Waals surface area contributed by atoms with E-state index in [-0.39, 0.29) is 23.4 Å². The fourth-order valence-electron chi connectivity index (χ4n) is 3.46. The van der Waals surface area contributed by atoms with Crippen molar-refractivity contribution >= 4 is 40.9 Å². The predicted octanol–water partition coefficient (Wildman–Crippen LogP) is 5.91. The fourth-order valence-corrected chi connectivity index (χ4v) is 3.96. The number of H-pyrrole nitrogens is 1. The van der Waals surface area contributed by atoms with Gasteiger partial charge in [-0.1, -0.05) is 23.9 Å². The number of aromatic amines is 1. The summed E-state index contributed by atoms with van der Waals surface area (Å²) >= 11 is 0.441. The second kappa shape index (κ2) is 11.7. The Morgan fingerprint density at radius 1 is 1.00 bits per heavy atom. The van der Waals surface area contributed by atoms with Gasteiger partial charge in [0.25, 0.3) is 5.76 Å². The van der Waals surface area contributed by atoms with Crippen LogP contribution in [0.3, 0.4) is 0 Å². The molecule has 0 spiro atoms. The van der Waals surface area contributed by atoms with Gasteiger partial charge in [0.15, 0.2) is 6.61 Å². The third-order valence-electron chi connectivity index (χ3n) is 5.04. The molecule has 2 aromatic carbocycles. The van der Waals surface area contributed by atoms with Crippen molar-refractivity contribution in [3.05, 3.63) is 76.6 Å². The Morgan fingerprint density at radius 2 is 1.69 bits per heavy atom. The molecule has 35 heavy (non-hydrogen) atoms. The summed E-state index contributed by atoms with van der Waals surface area (Å²) in [5.41, 5.74) is 2.58. The molecule has 0 radical (unpaired) electrons. The first-order valence-corrected chi connectivity index (χ1v) is 11.6. The number of carbonyl (C=O) groups is 3. The maximum absolute atomic E-state index is 12.7. The maximum atomic E-state index is 12.7. The molecule has 1 aromatic heterocycles. The second-order valence-electron chi connectivity index (χ2n) is 7.42. The van der Waals surface area contributed by atoms with E-state index in [1.165, 1.54) is 0 Å². The van der Waals surface area contributed by atoms with E-state index < -0.39 is 30.1 Å². The fraction of sp³-hybridized carbons (Fsp3) is 0.240. The molecular weight excluding hydrogens is 478 g/mol. The highest BCUT2D eigenvalue weighted by Gasteiger charge is 2.24. The van der Waals surface area contributed by atoms with Gasteiger partial charge in [-0.25, -0.2) is 9.59 Å². The van der Waals surface area contributed by atoms with Gasteiger partial charge < -0.3 is 19.8 Å². The van der Waals surface area contributed by atoms with Crippen LogP contribution in [0.5, 0.6) is 0 Å². The third-order valence-corrected chi connectivity index (χ3v) is 5.76. The Balaban J connectivity index is 1.69. The molecule has 0 fully saturated rings. The normalized spacial score (nSPS) is 10.8. The molecule has 184 valence electrons. The zero-order chi connectivity index (χ0) is 25.5. The van der Waals surface area contributed by atoms with Gasteiger partial charge in [0.05, 0.1) is 29.1 Å². The Labute approximate surface area is 205 Å². The number of anilines is 2. The van der Waals surface area contributed by atoms with Gasteiger partial charge in [-0.15, -0.1) is 0 Å². The Morgan fingerprint density at radius 3 is 2.34 bits per heavy atom. The summed E-state index contributed by atoms with van der Waals surface area (Å²) in [4.78, 5) is 40.9. The summed E-state index contributed by atoms with van der Waals surface area (Å²) in [5, 5.41) is 3.06. The average molecular weight is 503 g/mol. The van der Waals surface area contributed by atoms with Crippen molar-refractivity contribution in [3.63, 3.8) is 0 Å². The number of aryl methyl sites for hydroxylation is 1. The molecule has 0 unspecified atom stereocenters. The minimum Gasteiger partial charge on any atom is -0.462 e. The molecule has 3 rings (SSSR count). The van der Waals surface area contributed by atoms with Crippen molar-refractivity contribution in [1.29, 1.82) is 0 Å². The molecule has 7 nitrogen and oxygen atoms in total. The number of hydrogen-bond donors (Lipinski definition) is 2. The number of hydrogen-bond acceptors (Lipinski definition) is 7. The molecule has 0 bridgehead atoms. The number of Topliss-reactive ketones (excluding diaryl/α,β-unsaturated/α-hetero) is 1. The van der Waals surface area contributed by atoms with Gasteiger partial charge in [-0.05, 0) is 62.7 Å². The summed E-state index contributed by atoms with van der Waals surface area (Å²) < 4.78 is 35.3. The van der Waals surface area contributed by atoms with Crippen LogP contribution in [0.4, 0.5) is 20.2 Å². The van der Waals surface area contributed by atoms with Gasteiger partial charge in [-0.3, -0.25) is 4.79 Å². The lowest BCUT2D eigenvalue weighted by Gasteiger charge is -2.12. The minimum atomic E-state index is -2.51. The van der Waals surface area contributed by atoms with E-state index in [0.29, 0.717) is 39.3 Å². The van der Waals surface area contributed by atoms with E-state index in [9.17, 15) is 23.2 Å². The molecule has 0 aliphatic rings. The molecule has 1 heterocycles. The number of ketones is 1. The molecule has 3 aromatic rings. The highest BCUT2D eigenvalue weighted by Crippen LogP contribution is 2.28. The summed E-state index contributed by atoms with van der Waals surface area (Å²) in [6.07, 6.45) is 0. The number of rotatable bonds is 10. The summed E-state index contributed by atoms with van der Waals surface area (Å²) in [5.74, 6) is -4.26. The van der Waals surface area contributed by atoms with Crippen LogP contribution in [-0.4, -0.2) is 41.7 Å². The minimum absolute atomic E-state index is 0.173. The van der Waals surface area contributed by atoms with Crippen LogP contribution in [0.2, 0.25) is 0 Å². The number of ether oxygens (including phenoxy) is 2. The SMILES string of the molecule is CCOC(=O)c1c(C)[nH]c(C(=O)COC(=O)c2ccccc2Nc2ccc(SC(F)F)cc2)c1C. The number of carbonyl (C=O) groups excluding carboxylic acids is 3. The Kier molecular flexibility index (Phi) is 8.64. The second-order valence-corrected chi connectivity index (χ2v) is 8.48. The number of benzene rings is 2. The lowest BCUT2D eigenvalue weighted by Crippen LogP contribution is -2.16. The quantitative estimate of drug-likeness (QED) is 0.202. The number of thioether (sulfide) groups is 1. The number of alkyl halides is 2. The van der Waals surface area contributed by atoms with Crippen molar-refractivity contribution in [2.24, 2.45) is 0 Å². The van der Waals surface area contributed by atoms with Gasteiger partial charge in [0.2, 0.25) is 5.78 Å². The molecule has 0 saturated carbocycles. The predicted molar refractivity (Wildman–Crippen MR) is 129 cm³/mol. The molecule has 0 aliphatic carbocycles. The highest BCUT2D eigenvalue weighted by atomic mass is 32.2. The van der Waals surface area contributed by atoms with Gasteiger partial charge >= 0.3 is 11.9 Å². The van der Waals surface area contributed by atoms with E-state index in [1.807, 2.05) is 0 Å². The first-order valence-electron chi connectivity index (χ1n) is 10.7. The lowest BCUT2D eigenvalue weighted by atomic mass is 10.1. The lowest BCUT2D eigenvalue weighted by molar-refractivity contribution is 0.0473. The first-order chi connectivity index (χ1) is 16.7. The van der Waals surface area contributed by atoms with E-state index in [4.69, 9.17) is 9.47 Å². The van der Waals surface area contributed by atoms with Crippen LogP contribution in [0.15, 0.2) is 53.4 Å². The molecule has 0 saturated heterocycles. The largest absolute Gasteiger partial charge is 0.462 e. The van der Waals surface area contributed by atoms with E-state index in [2.05, 4.69) is 10.3 Å². The maximum Gasteiger partial charge on any atom is 0.340 e. The topological polar surface area (TPSA) is 97.5 Å². The van der Waals surface area contributed by atoms with Crippen molar-refractivity contribution in [1.82, 2.24) is 4.98 Å². The zero-order valence-electron chi connectivity index (χ0n) is 19.3. The van der Waals surface area contributed by atoms with Crippen molar-refractivity contribution in [2.75, 3.05) is 18.5 Å². The van der Waals surface area contributed by atoms with Crippen molar-refractivity contribution in [2.45, 2.75) is 31.4 Å². The van der Waals surface area contributed by atoms with Crippen molar-refractivity contribution < 1.29 is 32.6 Å². The molecular formula is C25H24F2N2O5S.